The highest BCUT2D eigenvalue weighted by atomic mass is 79.9. The number of nitro groups is 1. The maximum Gasteiger partial charge on any atom is 0.315 e. The largest absolute Gasteiger partial charge is 0.355 e. The van der Waals surface area contributed by atoms with E-state index < -0.39 is 30.8 Å². The third-order valence-electron chi connectivity index (χ3n) is 3.04. The van der Waals surface area contributed by atoms with Gasteiger partial charge in [0, 0.05) is 20.9 Å². The third kappa shape index (κ3) is 1.45. The maximum atomic E-state index is 11.2. The zero-order valence-corrected chi connectivity index (χ0v) is 11.8. The molecule has 0 saturated carbocycles. The third-order valence-corrected chi connectivity index (χ3v) is 5.32. The summed E-state index contributed by atoms with van der Waals surface area (Å²) < 4.78 is 2.13. The Balaban J connectivity index is 2.55. The Morgan fingerprint density at radius 1 is 1.56 bits per heavy atom. The van der Waals surface area contributed by atoms with E-state index >= 15 is 0 Å². The van der Waals surface area contributed by atoms with Gasteiger partial charge in [-0.3, -0.25) is 10.1 Å². The maximum absolute atomic E-state index is 11.2. The quantitative estimate of drug-likeness (QED) is 0.240. The van der Waals surface area contributed by atoms with Gasteiger partial charge in [0.15, 0.2) is 5.60 Å². The molecule has 0 radical (unpaired) electrons. The molecule has 2 aliphatic heterocycles. The molecule has 0 spiro atoms. The van der Waals surface area contributed by atoms with Crippen molar-refractivity contribution in [1.82, 2.24) is 0 Å². The van der Waals surface area contributed by atoms with Crippen molar-refractivity contribution in [1.29, 1.82) is 0 Å². The fraction of sp³-hybridized carbons (Fsp3) is 0.750. The number of hydrogen-bond acceptors (Lipinski definition) is 3. The van der Waals surface area contributed by atoms with Crippen molar-refractivity contribution in [3.05, 3.63) is 22.3 Å². The van der Waals surface area contributed by atoms with E-state index in [2.05, 4.69) is 15.9 Å². The van der Waals surface area contributed by atoms with Gasteiger partial charge in [0.2, 0.25) is 3.79 Å². The van der Waals surface area contributed by atoms with Crippen LogP contribution in [0.25, 0.3) is 0 Å². The molecule has 2 bridgehead atoms. The number of ether oxygens (including phenoxy) is 1. The van der Waals surface area contributed by atoms with Crippen LogP contribution in [0.5, 0.6) is 0 Å². The molecule has 16 heavy (non-hydrogen) atoms. The Kier molecular flexibility index (Phi) is 2.80. The monoisotopic (exact) mass is 349 g/mol. The van der Waals surface area contributed by atoms with Crippen LogP contribution in [0, 0.1) is 16.0 Å². The minimum Gasteiger partial charge on any atom is -0.355 e. The van der Waals surface area contributed by atoms with E-state index in [9.17, 15) is 10.1 Å². The van der Waals surface area contributed by atoms with Crippen LogP contribution in [-0.2, 0) is 4.74 Å². The molecule has 8 heteroatoms. The van der Waals surface area contributed by atoms with E-state index in [4.69, 9.17) is 39.5 Å². The van der Waals surface area contributed by atoms with Gasteiger partial charge >= 0.3 is 4.45 Å². The van der Waals surface area contributed by atoms with E-state index in [0.717, 1.165) is 0 Å². The van der Waals surface area contributed by atoms with Gasteiger partial charge in [-0.25, -0.2) is 0 Å². The lowest BCUT2D eigenvalue weighted by Crippen LogP contribution is -2.56. The van der Waals surface area contributed by atoms with E-state index in [1.54, 1.807) is 19.1 Å². The first-order valence-electron chi connectivity index (χ1n) is 4.40. The van der Waals surface area contributed by atoms with E-state index in [1.165, 1.54) is 0 Å². The minimum atomic E-state index is -1.77. The number of fused-ring (bicyclic) bond motifs is 2. The average Bonchev–Trinajstić information content (AvgIpc) is 2.54. The number of rotatable bonds is 1. The van der Waals surface area contributed by atoms with Crippen molar-refractivity contribution in [2.75, 3.05) is 0 Å². The predicted octanol–water partition coefficient (Wildman–Crippen LogP) is 3.07. The zero-order valence-electron chi connectivity index (χ0n) is 7.99. The molecule has 0 N–H and O–H groups in total. The molecular formula is C8H7BrCl3NO3. The van der Waals surface area contributed by atoms with Gasteiger partial charge in [-0.05, 0) is 13.0 Å². The van der Waals surface area contributed by atoms with E-state index in [0.29, 0.717) is 0 Å². The lowest BCUT2D eigenvalue weighted by molar-refractivity contribution is -0.553. The van der Waals surface area contributed by atoms with Gasteiger partial charge in [-0.15, -0.1) is 0 Å². The highest BCUT2D eigenvalue weighted by Crippen LogP contribution is 2.61. The first-order valence-corrected chi connectivity index (χ1v) is 6.33. The minimum absolute atomic E-state index is 0.497. The average molecular weight is 351 g/mol. The Morgan fingerprint density at radius 3 is 2.50 bits per heavy atom. The van der Waals surface area contributed by atoms with Crippen molar-refractivity contribution in [3.63, 3.8) is 0 Å². The summed E-state index contributed by atoms with van der Waals surface area (Å²) in [5.74, 6) is -0.880. The molecule has 1 saturated heterocycles. The summed E-state index contributed by atoms with van der Waals surface area (Å²) in [5, 5.41) is 11.2. The molecule has 0 aromatic carbocycles. The Bertz CT molecular complexity index is 385. The molecule has 4 unspecified atom stereocenters. The molecule has 0 aromatic heterocycles. The van der Waals surface area contributed by atoms with Crippen molar-refractivity contribution in [2.24, 2.45) is 5.92 Å². The summed E-state index contributed by atoms with van der Waals surface area (Å²) in [6.07, 6.45) is 2.75. The molecule has 2 heterocycles. The van der Waals surface area contributed by atoms with Crippen molar-refractivity contribution >= 4 is 50.7 Å². The summed E-state index contributed by atoms with van der Waals surface area (Å²) in [6.45, 7) is 1.59. The second-order valence-corrected chi connectivity index (χ2v) is 7.58. The van der Waals surface area contributed by atoms with Gasteiger partial charge in [-0.1, -0.05) is 40.9 Å². The fourth-order valence-electron chi connectivity index (χ4n) is 2.24. The highest BCUT2D eigenvalue weighted by molar-refractivity contribution is 9.10. The van der Waals surface area contributed by atoms with Crippen LogP contribution in [0.2, 0.25) is 0 Å². The number of hydrogen-bond donors (Lipinski definition) is 0. The van der Waals surface area contributed by atoms with E-state index in [-0.39, 0.29) is 0 Å². The van der Waals surface area contributed by atoms with Gasteiger partial charge < -0.3 is 4.74 Å². The van der Waals surface area contributed by atoms with Crippen molar-refractivity contribution in [3.8, 4) is 0 Å². The normalized spacial score (nSPS) is 46.3. The molecule has 0 aliphatic carbocycles. The first-order chi connectivity index (χ1) is 7.13. The SMILES string of the molecule is CC12C=CC(O1)C(C(Cl)(Cl)Cl)C2(Br)[N+](=O)[O-]. The Hall–Kier alpha value is 0.450. The Morgan fingerprint density at radius 2 is 2.12 bits per heavy atom. The predicted molar refractivity (Wildman–Crippen MR) is 64.9 cm³/mol. The molecular weight excluding hydrogens is 344 g/mol. The van der Waals surface area contributed by atoms with Gasteiger partial charge in [0.1, 0.15) is 5.92 Å². The molecule has 0 aromatic rings. The van der Waals surface area contributed by atoms with Crippen LogP contribution in [0.3, 0.4) is 0 Å². The van der Waals surface area contributed by atoms with Crippen LogP contribution < -0.4 is 0 Å². The van der Waals surface area contributed by atoms with Crippen LogP contribution >= 0.6 is 50.7 Å². The molecule has 2 rings (SSSR count). The summed E-state index contributed by atoms with van der Waals surface area (Å²) in [4.78, 5) is 10.7. The summed E-state index contributed by atoms with van der Waals surface area (Å²) in [6, 6.07) is 0. The van der Waals surface area contributed by atoms with Gasteiger partial charge in [0.25, 0.3) is 0 Å². The summed E-state index contributed by atoms with van der Waals surface area (Å²) in [7, 11) is 0. The van der Waals surface area contributed by atoms with Gasteiger partial charge in [0.05, 0.1) is 6.10 Å². The van der Waals surface area contributed by atoms with Crippen molar-refractivity contribution in [2.45, 2.75) is 26.9 Å². The van der Waals surface area contributed by atoms with Crippen LogP contribution in [0.15, 0.2) is 12.2 Å². The molecule has 90 valence electrons. The fourth-order valence-corrected chi connectivity index (χ4v) is 4.31. The van der Waals surface area contributed by atoms with E-state index in [1.807, 2.05) is 0 Å². The molecule has 1 fully saturated rings. The number of nitrogens with zero attached hydrogens (tertiary/aromatic N) is 1. The standard InChI is InChI=1S/C8H7BrCl3NO3/c1-6-3-2-4(16-6)5(8(10,11)12)7(6,9)13(14)15/h2-5H,1H3. The highest BCUT2D eigenvalue weighted by Gasteiger charge is 2.76. The second kappa shape index (κ2) is 3.48. The Labute approximate surface area is 115 Å². The summed E-state index contributed by atoms with van der Waals surface area (Å²) in [5.41, 5.74) is -1.10. The van der Waals surface area contributed by atoms with Gasteiger partial charge in [-0.2, -0.15) is 0 Å². The lowest BCUT2D eigenvalue weighted by atomic mass is 9.83. The topological polar surface area (TPSA) is 52.4 Å². The number of halogens is 4. The van der Waals surface area contributed by atoms with Crippen LogP contribution in [-0.4, -0.2) is 24.9 Å². The smallest absolute Gasteiger partial charge is 0.315 e. The first kappa shape index (κ1) is 12.9. The van der Waals surface area contributed by atoms with Crippen molar-refractivity contribution < 1.29 is 9.66 Å². The molecule has 0 amide bonds. The van der Waals surface area contributed by atoms with Crippen LogP contribution in [0.1, 0.15) is 6.92 Å². The lowest BCUT2D eigenvalue weighted by Gasteiger charge is -2.34. The number of alkyl halides is 4. The second-order valence-electron chi connectivity index (χ2n) is 4.00. The van der Waals surface area contributed by atoms with Crippen LogP contribution in [0.4, 0.5) is 0 Å². The zero-order chi connectivity index (χ0) is 12.4. The molecule has 4 nitrogen and oxygen atoms in total. The summed E-state index contributed by atoms with van der Waals surface area (Å²) >= 11 is 20.5. The molecule has 4 atom stereocenters. The molecule has 2 aliphatic rings.